The highest BCUT2D eigenvalue weighted by molar-refractivity contribution is 7.89. The Morgan fingerprint density at radius 2 is 1.53 bits per heavy atom. The molecule has 1 aliphatic rings. The number of carbonyl (C=O) groups excluding carboxylic acids is 1. The number of ether oxygens (including phenoxy) is 1. The summed E-state index contributed by atoms with van der Waals surface area (Å²) in [7, 11) is -3.56. The van der Waals surface area contributed by atoms with Gasteiger partial charge in [0.25, 0.3) is 5.91 Å². The molecule has 0 aliphatic carbocycles. The maximum atomic E-state index is 12.9. The highest BCUT2D eigenvalue weighted by Crippen LogP contribution is 2.21. The maximum absolute atomic E-state index is 12.9. The lowest BCUT2D eigenvalue weighted by atomic mass is 10.0. The van der Waals surface area contributed by atoms with Gasteiger partial charge in [0.15, 0.2) is 0 Å². The number of nitrogens with zero attached hydrogens (tertiary/aromatic N) is 2. The number of hydrogen-bond acceptors (Lipinski definition) is 4. The average Bonchev–Trinajstić information content (AvgIpc) is 2.77. The summed E-state index contributed by atoms with van der Waals surface area (Å²) in [4.78, 5) is 14.7. The summed E-state index contributed by atoms with van der Waals surface area (Å²) < 4.78 is 33.0. The molecule has 0 radical (unpaired) electrons. The number of benzene rings is 2. The van der Waals surface area contributed by atoms with E-state index in [-0.39, 0.29) is 19.0 Å². The lowest BCUT2D eigenvalue weighted by Gasteiger charge is -2.35. The van der Waals surface area contributed by atoms with Gasteiger partial charge in [0.2, 0.25) is 10.0 Å². The van der Waals surface area contributed by atoms with E-state index >= 15 is 0 Å². The van der Waals surface area contributed by atoms with Crippen LogP contribution in [0.15, 0.2) is 59.5 Å². The predicted molar refractivity (Wildman–Crippen MR) is 117 cm³/mol. The molecule has 1 heterocycles. The van der Waals surface area contributed by atoms with Crippen molar-refractivity contribution in [1.29, 1.82) is 0 Å². The molecular weight excluding hydrogens is 400 g/mol. The van der Waals surface area contributed by atoms with Gasteiger partial charge in [-0.1, -0.05) is 56.3 Å². The fourth-order valence-electron chi connectivity index (χ4n) is 3.45. The van der Waals surface area contributed by atoms with Crippen molar-refractivity contribution in [2.75, 3.05) is 26.2 Å². The van der Waals surface area contributed by atoms with Gasteiger partial charge in [-0.15, -0.1) is 0 Å². The second-order valence-corrected chi connectivity index (χ2v) is 9.83. The van der Waals surface area contributed by atoms with E-state index in [2.05, 4.69) is 13.8 Å². The second kappa shape index (κ2) is 9.73. The van der Waals surface area contributed by atoms with E-state index in [4.69, 9.17) is 4.74 Å². The molecule has 0 spiro atoms. The summed E-state index contributed by atoms with van der Waals surface area (Å²) in [5, 5.41) is 0. The van der Waals surface area contributed by atoms with Gasteiger partial charge in [-0.2, -0.15) is 4.31 Å². The fraction of sp³-hybridized carbons (Fsp3) is 0.435. The van der Waals surface area contributed by atoms with E-state index in [0.29, 0.717) is 30.5 Å². The largest absolute Gasteiger partial charge is 0.364 e. The summed E-state index contributed by atoms with van der Waals surface area (Å²) in [5.74, 6) is 0.242. The van der Waals surface area contributed by atoms with Crippen molar-refractivity contribution in [2.45, 2.75) is 44.3 Å². The third kappa shape index (κ3) is 5.28. The van der Waals surface area contributed by atoms with Crippen LogP contribution in [-0.4, -0.2) is 55.8 Å². The lowest BCUT2D eigenvalue weighted by molar-refractivity contribution is -0.144. The third-order valence-electron chi connectivity index (χ3n) is 5.43. The highest BCUT2D eigenvalue weighted by Gasteiger charge is 2.31. The number of rotatable bonds is 7. The molecule has 3 rings (SSSR count). The van der Waals surface area contributed by atoms with Gasteiger partial charge in [-0.25, -0.2) is 8.42 Å². The molecule has 0 aromatic heterocycles. The Morgan fingerprint density at radius 3 is 2.10 bits per heavy atom. The summed E-state index contributed by atoms with van der Waals surface area (Å²) in [6.45, 7) is 7.55. The molecule has 2 aromatic rings. The van der Waals surface area contributed by atoms with E-state index in [1.807, 2.05) is 42.5 Å². The molecule has 1 aliphatic heterocycles. The van der Waals surface area contributed by atoms with Crippen LogP contribution in [0.3, 0.4) is 0 Å². The van der Waals surface area contributed by atoms with Crippen LogP contribution in [0.2, 0.25) is 0 Å². The van der Waals surface area contributed by atoms with Crippen LogP contribution in [0, 0.1) is 0 Å². The molecule has 1 unspecified atom stereocenters. The molecule has 0 bridgehead atoms. The van der Waals surface area contributed by atoms with Crippen molar-refractivity contribution >= 4 is 15.9 Å². The minimum atomic E-state index is -3.56. The van der Waals surface area contributed by atoms with Gasteiger partial charge in [0.1, 0.15) is 6.10 Å². The van der Waals surface area contributed by atoms with Gasteiger partial charge in [-0.3, -0.25) is 4.79 Å². The number of hydrogen-bond donors (Lipinski definition) is 0. The van der Waals surface area contributed by atoms with E-state index in [1.165, 1.54) is 4.31 Å². The third-order valence-corrected chi connectivity index (χ3v) is 7.34. The molecule has 162 valence electrons. The van der Waals surface area contributed by atoms with Crippen LogP contribution in [0.25, 0.3) is 0 Å². The van der Waals surface area contributed by atoms with Gasteiger partial charge < -0.3 is 9.64 Å². The molecule has 1 fully saturated rings. The zero-order valence-corrected chi connectivity index (χ0v) is 18.6. The molecule has 0 saturated carbocycles. The van der Waals surface area contributed by atoms with Crippen molar-refractivity contribution in [3.05, 3.63) is 65.7 Å². The van der Waals surface area contributed by atoms with Crippen LogP contribution in [0.1, 0.15) is 37.8 Å². The first-order valence-electron chi connectivity index (χ1n) is 10.3. The Hall–Kier alpha value is -2.22. The minimum Gasteiger partial charge on any atom is -0.364 e. The Bertz CT molecular complexity index is 935. The first kappa shape index (κ1) is 22.5. The number of piperazine rings is 1. The predicted octanol–water partition coefficient (Wildman–Crippen LogP) is 3.25. The number of carbonyl (C=O) groups is 1. The monoisotopic (exact) mass is 430 g/mol. The smallest absolute Gasteiger partial charge is 0.251 e. The van der Waals surface area contributed by atoms with Crippen molar-refractivity contribution in [2.24, 2.45) is 0 Å². The van der Waals surface area contributed by atoms with Crippen molar-refractivity contribution in [1.82, 2.24) is 9.21 Å². The fourth-order valence-corrected chi connectivity index (χ4v) is 4.87. The summed E-state index contributed by atoms with van der Waals surface area (Å²) in [6, 6.07) is 16.8. The SMILES string of the molecule is CC(OCc1ccccc1)C(=O)N1CCN(S(=O)(=O)c2ccc(C(C)C)cc2)CC1. The van der Waals surface area contributed by atoms with E-state index < -0.39 is 16.1 Å². The molecule has 1 amide bonds. The first-order valence-corrected chi connectivity index (χ1v) is 11.8. The van der Waals surface area contributed by atoms with Gasteiger partial charge in [0.05, 0.1) is 11.5 Å². The van der Waals surface area contributed by atoms with Gasteiger partial charge >= 0.3 is 0 Å². The maximum Gasteiger partial charge on any atom is 0.251 e. The van der Waals surface area contributed by atoms with Gasteiger partial charge in [0, 0.05) is 26.2 Å². The zero-order valence-electron chi connectivity index (χ0n) is 17.8. The van der Waals surface area contributed by atoms with Crippen LogP contribution >= 0.6 is 0 Å². The highest BCUT2D eigenvalue weighted by atomic mass is 32.2. The summed E-state index contributed by atoms with van der Waals surface area (Å²) >= 11 is 0. The molecule has 2 aromatic carbocycles. The summed E-state index contributed by atoms with van der Waals surface area (Å²) in [6.07, 6.45) is -0.572. The number of sulfonamides is 1. The van der Waals surface area contributed by atoms with Crippen LogP contribution in [0.4, 0.5) is 0 Å². The average molecular weight is 431 g/mol. The van der Waals surface area contributed by atoms with Crippen molar-refractivity contribution in [3.8, 4) is 0 Å². The molecular formula is C23H30N2O4S. The van der Waals surface area contributed by atoms with Crippen molar-refractivity contribution < 1.29 is 17.9 Å². The Labute approximate surface area is 179 Å². The molecule has 0 N–H and O–H groups in total. The van der Waals surface area contributed by atoms with E-state index in [1.54, 1.807) is 24.0 Å². The van der Waals surface area contributed by atoms with Crippen LogP contribution < -0.4 is 0 Å². The first-order chi connectivity index (χ1) is 14.3. The van der Waals surface area contributed by atoms with E-state index in [0.717, 1.165) is 11.1 Å². The molecule has 6 nitrogen and oxygen atoms in total. The molecule has 30 heavy (non-hydrogen) atoms. The second-order valence-electron chi connectivity index (χ2n) is 7.89. The molecule has 7 heteroatoms. The van der Waals surface area contributed by atoms with E-state index in [9.17, 15) is 13.2 Å². The normalized spacial score (nSPS) is 16.6. The van der Waals surface area contributed by atoms with Crippen LogP contribution in [-0.2, 0) is 26.2 Å². The Kier molecular flexibility index (Phi) is 7.28. The standard InChI is InChI=1S/C23H30N2O4S/c1-18(2)21-9-11-22(12-10-21)30(27,28)25-15-13-24(14-16-25)23(26)19(3)29-17-20-7-5-4-6-8-20/h4-12,18-19H,13-17H2,1-3H3. The molecule has 1 atom stereocenters. The number of amides is 1. The minimum absolute atomic E-state index is 0.107. The van der Waals surface area contributed by atoms with Crippen molar-refractivity contribution in [3.63, 3.8) is 0 Å². The zero-order chi connectivity index (χ0) is 21.7. The van der Waals surface area contributed by atoms with Gasteiger partial charge in [-0.05, 0) is 36.1 Å². The topological polar surface area (TPSA) is 66.9 Å². The van der Waals surface area contributed by atoms with Crippen LogP contribution in [0.5, 0.6) is 0 Å². The quantitative estimate of drug-likeness (QED) is 0.676. The summed E-state index contributed by atoms with van der Waals surface area (Å²) in [5.41, 5.74) is 2.12. The molecule has 1 saturated heterocycles. The lowest BCUT2D eigenvalue weighted by Crippen LogP contribution is -2.52. The Balaban J connectivity index is 1.54. The Morgan fingerprint density at radius 1 is 0.933 bits per heavy atom.